The van der Waals surface area contributed by atoms with Crippen molar-refractivity contribution in [2.24, 2.45) is 0 Å². The van der Waals surface area contributed by atoms with Gasteiger partial charge in [0.1, 0.15) is 12.4 Å². The van der Waals surface area contributed by atoms with Gasteiger partial charge in [0.15, 0.2) is 0 Å². The van der Waals surface area contributed by atoms with E-state index in [0.717, 1.165) is 54.8 Å². The number of nitrogens with one attached hydrogen (secondary N) is 1. The first-order valence-corrected chi connectivity index (χ1v) is 8.85. The number of esters is 1. The Bertz CT molecular complexity index is 726. The minimum absolute atomic E-state index is 0.164. The summed E-state index contributed by atoms with van der Waals surface area (Å²) in [6.45, 7) is 7.20. The molecule has 2 aromatic rings. The van der Waals surface area contributed by atoms with Crippen molar-refractivity contribution in [3.63, 3.8) is 0 Å². The molecule has 5 nitrogen and oxygen atoms in total. The lowest BCUT2D eigenvalue weighted by molar-refractivity contribution is -0.145. The van der Waals surface area contributed by atoms with Crippen LogP contribution >= 0.6 is 0 Å². The van der Waals surface area contributed by atoms with Gasteiger partial charge in [-0.1, -0.05) is 24.3 Å². The van der Waals surface area contributed by atoms with Crippen LogP contribution in [0.15, 0.2) is 36.4 Å². The van der Waals surface area contributed by atoms with Gasteiger partial charge in [-0.15, -0.1) is 0 Å². The van der Waals surface area contributed by atoms with Crippen LogP contribution in [0.25, 0.3) is 10.8 Å². The Hall–Kier alpha value is -2.11. The van der Waals surface area contributed by atoms with Crippen LogP contribution in [0.3, 0.4) is 0 Å². The van der Waals surface area contributed by atoms with Gasteiger partial charge in [-0.25, -0.2) is 0 Å². The van der Waals surface area contributed by atoms with Crippen molar-refractivity contribution in [2.45, 2.75) is 12.8 Å². The second-order valence-corrected chi connectivity index (χ2v) is 6.45. The lowest BCUT2D eigenvalue weighted by atomic mass is 9.98. The molecule has 1 unspecified atom stereocenters. The predicted molar refractivity (Wildman–Crippen MR) is 99.2 cm³/mol. The molecule has 1 N–H and O–H groups in total. The van der Waals surface area contributed by atoms with Crippen LogP contribution in [-0.2, 0) is 9.53 Å². The van der Waals surface area contributed by atoms with Crippen molar-refractivity contribution in [3.8, 4) is 5.75 Å². The van der Waals surface area contributed by atoms with Gasteiger partial charge in [0.05, 0.1) is 13.0 Å². The fourth-order valence-electron chi connectivity index (χ4n) is 3.11. The summed E-state index contributed by atoms with van der Waals surface area (Å²) in [5, 5.41) is 5.51. The zero-order chi connectivity index (χ0) is 17.6. The summed E-state index contributed by atoms with van der Waals surface area (Å²) in [7, 11) is 1.66. The standard InChI is InChI=1S/C20H26N2O3/c1-15(20(23)25-12-11-22-9-7-21-8-10-22)16-3-4-18-14-19(24-2)6-5-17(18)13-16/h3-6,13-15,21H,7-12H2,1-2H3. The van der Waals surface area contributed by atoms with Crippen molar-refractivity contribution >= 4 is 16.7 Å². The maximum Gasteiger partial charge on any atom is 0.313 e. The molecule has 0 bridgehead atoms. The van der Waals surface area contributed by atoms with E-state index >= 15 is 0 Å². The normalized spacial score (nSPS) is 16.6. The molecule has 2 aromatic carbocycles. The number of fused-ring (bicyclic) bond motifs is 1. The van der Waals surface area contributed by atoms with Crippen LogP contribution in [-0.4, -0.2) is 57.3 Å². The topological polar surface area (TPSA) is 50.8 Å². The van der Waals surface area contributed by atoms with E-state index in [4.69, 9.17) is 9.47 Å². The van der Waals surface area contributed by atoms with Crippen LogP contribution in [0, 0.1) is 0 Å². The molecule has 25 heavy (non-hydrogen) atoms. The Labute approximate surface area is 148 Å². The molecule has 0 aliphatic carbocycles. The monoisotopic (exact) mass is 342 g/mol. The average molecular weight is 342 g/mol. The lowest BCUT2D eigenvalue weighted by Gasteiger charge is -2.26. The quantitative estimate of drug-likeness (QED) is 0.817. The SMILES string of the molecule is COc1ccc2cc(C(C)C(=O)OCCN3CCNCC3)ccc2c1. The van der Waals surface area contributed by atoms with Gasteiger partial charge in [-0.2, -0.15) is 0 Å². The maximum absolute atomic E-state index is 12.3. The first-order valence-electron chi connectivity index (χ1n) is 8.85. The minimum atomic E-state index is -0.269. The molecule has 1 fully saturated rings. The highest BCUT2D eigenvalue weighted by Gasteiger charge is 2.18. The molecule has 0 saturated carbocycles. The highest BCUT2D eigenvalue weighted by molar-refractivity contribution is 5.86. The van der Waals surface area contributed by atoms with Gasteiger partial charge in [-0.05, 0) is 35.4 Å². The summed E-state index contributed by atoms with van der Waals surface area (Å²) in [6, 6.07) is 12.0. The molecule has 3 rings (SSSR count). The van der Waals surface area contributed by atoms with E-state index in [2.05, 4.69) is 16.3 Å². The number of carbonyl (C=O) groups is 1. The van der Waals surface area contributed by atoms with Crippen LogP contribution in [0.4, 0.5) is 0 Å². The second kappa shape index (κ2) is 8.32. The minimum Gasteiger partial charge on any atom is -0.497 e. The third-order valence-electron chi connectivity index (χ3n) is 4.79. The number of ether oxygens (including phenoxy) is 2. The van der Waals surface area contributed by atoms with Crippen LogP contribution in [0.2, 0.25) is 0 Å². The van der Waals surface area contributed by atoms with Crippen molar-refractivity contribution in [1.82, 2.24) is 10.2 Å². The van der Waals surface area contributed by atoms with Gasteiger partial charge >= 0.3 is 5.97 Å². The number of hydrogen-bond donors (Lipinski definition) is 1. The molecule has 1 atom stereocenters. The Kier molecular flexibility index (Phi) is 5.89. The van der Waals surface area contributed by atoms with E-state index < -0.39 is 0 Å². The molecular weight excluding hydrogens is 316 g/mol. The molecule has 134 valence electrons. The summed E-state index contributed by atoms with van der Waals surface area (Å²) in [5.41, 5.74) is 0.977. The van der Waals surface area contributed by atoms with Gasteiger partial charge < -0.3 is 14.8 Å². The number of piperazine rings is 1. The number of benzene rings is 2. The summed E-state index contributed by atoms with van der Waals surface area (Å²) in [6.07, 6.45) is 0. The molecule has 5 heteroatoms. The average Bonchev–Trinajstić information content (AvgIpc) is 2.67. The zero-order valence-electron chi connectivity index (χ0n) is 15.0. The van der Waals surface area contributed by atoms with E-state index in [9.17, 15) is 4.79 Å². The molecule has 0 aromatic heterocycles. The van der Waals surface area contributed by atoms with E-state index in [1.165, 1.54) is 0 Å². The third-order valence-corrected chi connectivity index (χ3v) is 4.79. The number of carbonyl (C=O) groups excluding carboxylic acids is 1. The van der Waals surface area contributed by atoms with E-state index in [1.54, 1.807) is 7.11 Å². The molecule has 0 spiro atoms. The Morgan fingerprint density at radius 3 is 2.64 bits per heavy atom. The summed E-state index contributed by atoms with van der Waals surface area (Å²) in [5.74, 6) is 0.401. The molecule has 0 radical (unpaired) electrons. The Morgan fingerprint density at radius 1 is 1.16 bits per heavy atom. The number of rotatable bonds is 6. The largest absolute Gasteiger partial charge is 0.497 e. The molecular formula is C20H26N2O3. The summed E-state index contributed by atoms with van der Waals surface area (Å²) < 4.78 is 10.7. The number of nitrogens with zero attached hydrogens (tertiary/aromatic N) is 1. The number of methoxy groups -OCH3 is 1. The highest BCUT2D eigenvalue weighted by Crippen LogP contribution is 2.25. The summed E-state index contributed by atoms with van der Waals surface area (Å²) >= 11 is 0. The van der Waals surface area contributed by atoms with Crippen LogP contribution < -0.4 is 10.1 Å². The van der Waals surface area contributed by atoms with Gasteiger partial charge in [-0.3, -0.25) is 9.69 Å². The van der Waals surface area contributed by atoms with E-state index in [-0.39, 0.29) is 11.9 Å². The third kappa shape index (κ3) is 4.50. The van der Waals surface area contributed by atoms with Gasteiger partial charge in [0, 0.05) is 32.7 Å². The fraction of sp³-hybridized carbons (Fsp3) is 0.450. The molecule has 1 saturated heterocycles. The molecule has 0 amide bonds. The van der Waals surface area contributed by atoms with Crippen molar-refractivity contribution < 1.29 is 14.3 Å². The van der Waals surface area contributed by atoms with Gasteiger partial charge in [0.2, 0.25) is 0 Å². The molecule has 1 aliphatic heterocycles. The van der Waals surface area contributed by atoms with E-state index in [0.29, 0.717) is 6.61 Å². The van der Waals surface area contributed by atoms with Crippen molar-refractivity contribution in [3.05, 3.63) is 42.0 Å². The van der Waals surface area contributed by atoms with Gasteiger partial charge in [0.25, 0.3) is 0 Å². The van der Waals surface area contributed by atoms with Crippen LogP contribution in [0.5, 0.6) is 5.75 Å². The van der Waals surface area contributed by atoms with Crippen molar-refractivity contribution in [1.29, 1.82) is 0 Å². The first kappa shape index (κ1) is 17.7. The van der Waals surface area contributed by atoms with E-state index in [1.807, 2.05) is 37.3 Å². The maximum atomic E-state index is 12.3. The fourth-order valence-corrected chi connectivity index (χ4v) is 3.11. The molecule has 1 heterocycles. The Morgan fingerprint density at radius 2 is 1.88 bits per heavy atom. The Balaban J connectivity index is 1.58. The van der Waals surface area contributed by atoms with Crippen LogP contribution in [0.1, 0.15) is 18.4 Å². The second-order valence-electron chi connectivity index (χ2n) is 6.45. The molecule has 1 aliphatic rings. The number of hydrogen-bond acceptors (Lipinski definition) is 5. The predicted octanol–water partition coefficient (Wildman–Crippen LogP) is 2.40. The zero-order valence-corrected chi connectivity index (χ0v) is 15.0. The summed E-state index contributed by atoms with van der Waals surface area (Å²) in [4.78, 5) is 14.7. The smallest absolute Gasteiger partial charge is 0.313 e. The lowest BCUT2D eigenvalue weighted by Crippen LogP contribution is -2.44. The first-order chi connectivity index (χ1) is 12.2. The van der Waals surface area contributed by atoms with Crippen molar-refractivity contribution in [2.75, 3.05) is 46.4 Å². The highest BCUT2D eigenvalue weighted by atomic mass is 16.5.